The van der Waals surface area contributed by atoms with Crippen molar-refractivity contribution in [1.29, 1.82) is 0 Å². The topological polar surface area (TPSA) is 65.5 Å². The van der Waals surface area contributed by atoms with Crippen LogP contribution in [0.4, 0.5) is 17.1 Å². The minimum atomic E-state index is -0.817. The summed E-state index contributed by atoms with van der Waals surface area (Å²) in [6.45, 7) is 4.31. The van der Waals surface area contributed by atoms with Crippen molar-refractivity contribution in [2.45, 2.75) is 31.7 Å². The lowest BCUT2D eigenvalue weighted by Crippen LogP contribution is -2.56. The smallest absolute Gasteiger partial charge is 0.258 e. The number of aliphatic hydroxyl groups is 1. The van der Waals surface area contributed by atoms with Crippen molar-refractivity contribution < 1.29 is 19.4 Å². The molecule has 4 aromatic rings. The van der Waals surface area contributed by atoms with Crippen molar-refractivity contribution in [2.24, 2.45) is 0 Å². The molecule has 0 fully saturated rings. The molecule has 0 aromatic heterocycles. The van der Waals surface area contributed by atoms with E-state index in [-0.39, 0.29) is 11.9 Å². The average molecular weight is 550 g/mol. The third-order valence-corrected chi connectivity index (χ3v) is 8.28. The van der Waals surface area contributed by atoms with E-state index in [1.807, 2.05) is 37.3 Å². The minimum Gasteiger partial charge on any atom is -0.493 e. The third kappa shape index (κ3) is 4.76. The molecule has 4 aromatic carbocycles. The number of rotatable bonds is 6. The first-order valence-corrected chi connectivity index (χ1v) is 14.0. The number of fused-ring (bicyclic) bond motifs is 2. The van der Waals surface area contributed by atoms with Gasteiger partial charge in [0.1, 0.15) is 0 Å². The molecule has 0 bridgehead atoms. The minimum absolute atomic E-state index is 0.198. The molecule has 0 saturated carbocycles. The van der Waals surface area contributed by atoms with Gasteiger partial charge in [-0.15, -0.1) is 0 Å². The Bertz CT molecular complexity index is 1540. The van der Waals surface area contributed by atoms with Gasteiger partial charge < -0.3 is 29.3 Å². The molecular weight excluding hydrogens is 514 g/mol. The fraction of sp³-hybridized carbons (Fsp3) is 0.265. The van der Waals surface area contributed by atoms with E-state index in [4.69, 9.17) is 9.47 Å². The molecule has 3 unspecified atom stereocenters. The van der Waals surface area contributed by atoms with Gasteiger partial charge in [0.2, 0.25) is 0 Å². The number of nitrogens with zero attached hydrogens (tertiary/aromatic N) is 3. The molecule has 0 spiro atoms. The summed E-state index contributed by atoms with van der Waals surface area (Å²) in [5.41, 5.74) is 5.69. The highest BCUT2D eigenvalue weighted by Gasteiger charge is 2.44. The van der Waals surface area contributed by atoms with Crippen LogP contribution in [0.1, 0.15) is 34.5 Å². The summed E-state index contributed by atoms with van der Waals surface area (Å²) in [5, 5.41) is 11.9. The summed E-state index contributed by atoms with van der Waals surface area (Å²) >= 11 is 0. The predicted octanol–water partition coefficient (Wildman–Crippen LogP) is 5.68. The van der Waals surface area contributed by atoms with E-state index >= 15 is 0 Å². The first-order chi connectivity index (χ1) is 20.0. The Balaban J connectivity index is 1.37. The molecular formula is C34H35N3O4. The zero-order chi connectivity index (χ0) is 28.5. The molecule has 1 N–H and O–H groups in total. The van der Waals surface area contributed by atoms with Crippen LogP contribution in [-0.2, 0) is 6.54 Å². The summed E-state index contributed by atoms with van der Waals surface area (Å²) < 4.78 is 10.8. The SMILES string of the molecule is COc1ccc(C(=O)N2c3ccccc3C(N3CCN(Cc4ccccc4)c4ccccc43)C(O)C2C)cc1OC. The second kappa shape index (κ2) is 11.2. The van der Waals surface area contributed by atoms with Crippen LogP contribution in [0.3, 0.4) is 0 Å². The largest absolute Gasteiger partial charge is 0.493 e. The van der Waals surface area contributed by atoms with E-state index in [1.165, 1.54) is 5.56 Å². The number of ether oxygens (including phenoxy) is 2. The number of carbonyl (C=O) groups is 1. The fourth-order valence-electron chi connectivity index (χ4n) is 6.23. The highest BCUT2D eigenvalue weighted by molar-refractivity contribution is 6.08. The van der Waals surface area contributed by atoms with Gasteiger partial charge in [0, 0.05) is 36.4 Å². The van der Waals surface area contributed by atoms with Crippen molar-refractivity contribution in [2.75, 3.05) is 42.0 Å². The zero-order valence-electron chi connectivity index (χ0n) is 23.6. The lowest BCUT2D eigenvalue weighted by molar-refractivity contribution is 0.0836. The molecule has 210 valence electrons. The Morgan fingerprint density at radius 2 is 1.46 bits per heavy atom. The van der Waals surface area contributed by atoms with Crippen LogP contribution in [0.15, 0.2) is 97.1 Å². The summed E-state index contributed by atoms with van der Waals surface area (Å²) in [4.78, 5) is 20.4. The van der Waals surface area contributed by atoms with Gasteiger partial charge in [-0.2, -0.15) is 0 Å². The first kappa shape index (κ1) is 26.7. The highest BCUT2D eigenvalue weighted by atomic mass is 16.5. The van der Waals surface area contributed by atoms with Crippen molar-refractivity contribution in [3.8, 4) is 11.5 Å². The van der Waals surface area contributed by atoms with E-state index in [1.54, 1.807) is 37.3 Å². The van der Waals surface area contributed by atoms with Gasteiger partial charge in [0.15, 0.2) is 11.5 Å². The number of amides is 1. The third-order valence-electron chi connectivity index (χ3n) is 8.28. The average Bonchev–Trinajstić information content (AvgIpc) is 3.02. The Labute approximate surface area is 241 Å². The van der Waals surface area contributed by atoms with Crippen LogP contribution in [0, 0.1) is 0 Å². The summed E-state index contributed by atoms with van der Waals surface area (Å²) in [7, 11) is 3.12. The molecule has 2 aliphatic heterocycles. The maximum atomic E-state index is 14.0. The molecule has 3 atom stereocenters. The number of carbonyl (C=O) groups excluding carboxylic acids is 1. The monoisotopic (exact) mass is 549 g/mol. The molecule has 6 rings (SSSR count). The van der Waals surface area contributed by atoms with E-state index in [2.05, 4.69) is 58.3 Å². The maximum absolute atomic E-state index is 14.0. The van der Waals surface area contributed by atoms with Crippen molar-refractivity contribution >= 4 is 23.0 Å². The van der Waals surface area contributed by atoms with Crippen LogP contribution in [0.25, 0.3) is 0 Å². The molecule has 2 heterocycles. The van der Waals surface area contributed by atoms with Crippen LogP contribution in [0.2, 0.25) is 0 Å². The molecule has 7 nitrogen and oxygen atoms in total. The number of methoxy groups -OCH3 is 2. The van der Waals surface area contributed by atoms with Crippen LogP contribution >= 0.6 is 0 Å². The summed E-state index contributed by atoms with van der Waals surface area (Å²) in [5.74, 6) is 0.845. The van der Waals surface area contributed by atoms with Gasteiger partial charge in [-0.25, -0.2) is 0 Å². The number of hydrogen-bond donors (Lipinski definition) is 1. The molecule has 2 aliphatic rings. The van der Waals surface area contributed by atoms with Gasteiger partial charge in [0.05, 0.1) is 43.8 Å². The lowest BCUT2D eigenvalue weighted by atomic mass is 9.86. The maximum Gasteiger partial charge on any atom is 0.258 e. The number of aliphatic hydroxyl groups excluding tert-OH is 1. The van der Waals surface area contributed by atoms with Crippen LogP contribution in [0.5, 0.6) is 11.5 Å². The van der Waals surface area contributed by atoms with E-state index in [9.17, 15) is 9.90 Å². The van der Waals surface area contributed by atoms with E-state index in [0.717, 1.165) is 42.3 Å². The van der Waals surface area contributed by atoms with Gasteiger partial charge in [-0.3, -0.25) is 4.79 Å². The van der Waals surface area contributed by atoms with Crippen LogP contribution < -0.4 is 24.2 Å². The Morgan fingerprint density at radius 3 is 2.20 bits per heavy atom. The van der Waals surface area contributed by atoms with Crippen molar-refractivity contribution in [3.05, 3.63) is 114 Å². The van der Waals surface area contributed by atoms with E-state index < -0.39 is 12.1 Å². The van der Waals surface area contributed by atoms with Crippen molar-refractivity contribution in [1.82, 2.24) is 0 Å². The van der Waals surface area contributed by atoms with Gasteiger partial charge in [0.25, 0.3) is 5.91 Å². The van der Waals surface area contributed by atoms with Crippen molar-refractivity contribution in [3.63, 3.8) is 0 Å². The number of para-hydroxylation sites is 3. The van der Waals surface area contributed by atoms with Crippen LogP contribution in [-0.4, -0.2) is 50.5 Å². The molecule has 0 radical (unpaired) electrons. The first-order valence-electron chi connectivity index (χ1n) is 14.0. The second-order valence-corrected chi connectivity index (χ2v) is 10.6. The second-order valence-electron chi connectivity index (χ2n) is 10.6. The molecule has 7 heteroatoms. The van der Waals surface area contributed by atoms with Gasteiger partial charge >= 0.3 is 0 Å². The normalized spacial score (nSPS) is 19.8. The highest BCUT2D eigenvalue weighted by Crippen LogP contribution is 2.46. The Kier molecular flexibility index (Phi) is 7.28. The number of benzene rings is 4. The molecule has 1 amide bonds. The predicted molar refractivity (Wildman–Crippen MR) is 162 cm³/mol. The molecule has 0 saturated heterocycles. The molecule has 0 aliphatic carbocycles. The molecule has 41 heavy (non-hydrogen) atoms. The van der Waals surface area contributed by atoms with Gasteiger partial charge in [-0.05, 0) is 48.9 Å². The van der Waals surface area contributed by atoms with E-state index in [0.29, 0.717) is 17.1 Å². The number of hydrogen-bond acceptors (Lipinski definition) is 6. The zero-order valence-corrected chi connectivity index (χ0v) is 23.6. The number of anilines is 3. The quantitative estimate of drug-likeness (QED) is 0.334. The lowest BCUT2D eigenvalue weighted by Gasteiger charge is -2.50. The standard InChI is InChI=1S/C34H35N3O4/c1-23-33(38)32(36-20-19-35(22-24-11-5-4-6-12-24)28-15-9-10-16-29(28)36)26-13-7-8-14-27(26)37(23)34(39)25-17-18-30(40-2)31(21-25)41-3/h4-18,21,23,32-33,38H,19-20,22H2,1-3H3. The Hall–Kier alpha value is -4.49. The summed E-state index contributed by atoms with van der Waals surface area (Å²) in [6, 6.07) is 31.2. The van der Waals surface area contributed by atoms with Gasteiger partial charge in [-0.1, -0.05) is 60.7 Å². The summed E-state index contributed by atoms with van der Waals surface area (Å²) in [6.07, 6.45) is -0.817. The Morgan fingerprint density at radius 1 is 0.805 bits per heavy atom. The fourth-order valence-corrected chi connectivity index (χ4v) is 6.23.